The summed E-state index contributed by atoms with van der Waals surface area (Å²) in [7, 11) is 0. The summed E-state index contributed by atoms with van der Waals surface area (Å²) in [5.74, 6) is 0.358. The van der Waals surface area contributed by atoms with Gasteiger partial charge in [-0.05, 0) is 44.3 Å². The fraction of sp³-hybridized carbons (Fsp3) is 0.400. The number of hydrogen-bond donors (Lipinski definition) is 1. The monoisotopic (exact) mass is 356 g/mol. The second kappa shape index (κ2) is 8.41. The van der Waals surface area contributed by atoms with E-state index in [1.807, 2.05) is 54.8 Å². The molecule has 0 radical (unpaired) electrons. The highest BCUT2D eigenvalue weighted by atomic mass is 32.1. The quantitative estimate of drug-likeness (QED) is 0.806. The smallest absolute Gasteiger partial charge is 0.234 e. The van der Waals surface area contributed by atoms with E-state index in [-0.39, 0.29) is 23.7 Å². The fourth-order valence-corrected chi connectivity index (χ4v) is 4.02. The van der Waals surface area contributed by atoms with Gasteiger partial charge in [-0.25, -0.2) is 0 Å². The number of thiophene rings is 1. The number of hydrogen-bond acceptors (Lipinski definition) is 4. The van der Waals surface area contributed by atoms with E-state index in [4.69, 9.17) is 0 Å². The molecular weight excluding hydrogens is 332 g/mol. The van der Waals surface area contributed by atoms with Gasteiger partial charge in [-0.1, -0.05) is 36.4 Å². The van der Waals surface area contributed by atoms with Gasteiger partial charge < -0.3 is 5.32 Å². The van der Waals surface area contributed by atoms with E-state index in [0.717, 1.165) is 31.5 Å². The standard InChI is InChI=1S/C20H24N2O2S/c1-15(18-8-5-13-25-18)21-19(23)14-22-11-9-17(10-12-22)20(24)16-6-3-2-4-7-16/h2-8,13,15,17H,9-12,14H2,1H3,(H,21,23). The van der Waals surface area contributed by atoms with Crippen molar-refractivity contribution in [2.24, 2.45) is 5.92 Å². The zero-order valence-corrected chi connectivity index (χ0v) is 15.3. The molecule has 1 amide bonds. The predicted molar refractivity (Wildman–Crippen MR) is 101 cm³/mol. The Morgan fingerprint density at radius 3 is 2.52 bits per heavy atom. The molecule has 1 fully saturated rings. The highest BCUT2D eigenvalue weighted by molar-refractivity contribution is 7.10. The minimum absolute atomic E-state index is 0.0460. The topological polar surface area (TPSA) is 49.4 Å². The minimum atomic E-state index is 0.0460. The van der Waals surface area contributed by atoms with Crippen LogP contribution in [0.1, 0.15) is 41.0 Å². The zero-order chi connectivity index (χ0) is 17.6. The molecule has 1 aromatic heterocycles. The van der Waals surface area contributed by atoms with Gasteiger partial charge >= 0.3 is 0 Å². The molecular formula is C20H24N2O2S. The van der Waals surface area contributed by atoms with Crippen LogP contribution >= 0.6 is 11.3 Å². The number of carbonyl (C=O) groups is 2. The summed E-state index contributed by atoms with van der Waals surface area (Å²) in [6, 6.07) is 13.6. The van der Waals surface area contributed by atoms with Crippen molar-refractivity contribution in [3.63, 3.8) is 0 Å². The van der Waals surface area contributed by atoms with Gasteiger partial charge in [0.25, 0.3) is 0 Å². The van der Waals surface area contributed by atoms with Gasteiger partial charge in [0.2, 0.25) is 5.91 Å². The maximum absolute atomic E-state index is 12.5. The Balaban J connectivity index is 1.44. The lowest BCUT2D eigenvalue weighted by molar-refractivity contribution is -0.123. The molecule has 1 aliphatic rings. The molecule has 0 aliphatic carbocycles. The van der Waals surface area contributed by atoms with Crippen molar-refractivity contribution in [2.45, 2.75) is 25.8 Å². The number of nitrogens with one attached hydrogen (secondary N) is 1. The predicted octanol–water partition coefficient (Wildman–Crippen LogP) is 3.52. The average molecular weight is 356 g/mol. The molecule has 2 aromatic rings. The first-order valence-corrected chi connectivity index (χ1v) is 9.66. The highest BCUT2D eigenvalue weighted by Crippen LogP contribution is 2.22. The Bertz CT molecular complexity index is 692. The number of rotatable bonds is 6. The number of amides is 1. The summed E-state index contributed by atoms with van der Waals surface area (Å²) in [5, 5.41) is 5.07. The highest BCUT2D eigenvalue weighted by Gasteiger charge is 2.26. The number of nitrogens with zero attached hydrogens (tertiary/aromatic N) is 1. The zero-order valence-electron chi connectivity index (χ0n) is 14.5. The lowest BCUT2D eigenvalue weighted by Crippen LogP contribution is -2.43. The SMILES string of the molecule is CC(NC(=O)CN1CCC(C(=O)c2ccccc2)CC1)c1cccs1. The van der Waals surface area contributed by atoms with Crippen molar-refractivity contribution >= 4 is 23.0 Å². The number of Topliss-reactive ketones (excluding diaryl/α,β-unsaturated/α-hetero) is 1. The number of likely N-dealkylation sites (tertiary alicyclic amines) is 1. The van der Waals surface area contributed by atoms with Gasteiger partial charge in [0.1, 0.15) is 0 Å². The van der Waals surface area contributed by atoms with Gasteiger partial charge in [-0.15, -0.1) is 11.3 Å². The van der Waals surface area contributed by atoms with Crippen molar-refractivity contribution in [3.05, 3.63) is 58.3 Å². The van der Waals surface area contributed by atoms with Crippen LogP contribution in [0.25, 0.3) is 0 Å². The summed E-state index contributed by atoms with van der Waals surface area (Å²) >= 11 is 1.65. The van der Waals surface area contributed by atoms with Crippen molar-refractivity contribution in [2.75, 3.05) is 19.6 Å². The molecule has 3 rings (SSSR count). The van der Waals surface area contributed by atoms with E-state index in [1.54, 1.807) is 11.3 Å². The van der Waals surface area contributed by atoms with Crippen LogP contribution < -0.4 is 5.32 Å². The van der Waals surface area contributed by atoms with Crippen LogP contribution in [0.3, 0.4) is 0 Å². The third-order valence-electron chi connectivity index (χ3n) is 4.73. The lowest BCUT2D eigenvalue weighted by Gasteiger charge is -2.31. The Kier molecular flexibility index (Phi) is 6.00. The summed E-state index contributed by atoms with van der Waals surface area (Å²) in [6.07, 6.45) is 1.64. The minimum Gasteiger partial charge on any atom is -0.348 e. The van der Waals surface area contributed by atoms with Gasteiger partial charge in [0, 0.05) is 16.4 Å². The summed E-state index contributed by atoms with van der Waals surface area (Å²) in [5.41, 5.74) is 0.795. The van der Waals surface area contributed by atoms with Gasteiger partial charge in [-0.3, -0.25) is 14.5 Å². The molecule has 0 bridgehead atoms. The number of ketones is 1. The molecule has 1 atom stereocenters. The molecule has 132 valence electrons. The van der Waals surface area contributed by atoms with Gasteiger partial charge in [0.05, 0.1) is 12.6 Å². The van der Waals surface area contributed by atoms with Crippen LogP contribution in [-0.2, 0) is 4.79 Å². The maximum Gasteiger partial charge on any atom is 0.234 e. The van der Waals surface area contributed by atoms with E-state index in [0.29, 0.717) is 6.54 Å². The summed E-state index contributed by atoms with van der Waals surface area (Å²) in [4.78, 5) is 28.1. The van der Waals surface area contributed by atoms with Gasteiger partial charge in [-0.2, -0.15) is 0 Å². The van der Waals surface area contributed by atoms with Crippen LogP contribution in [0.5, 0.6) is 0 Å². The number of piperidine rings is 1. The molecule has 25 heavy (non-hydrogen) atoms. The maximum atomic E-state index is 12.5. The first-order chi connectivity index (χ1) is 12.1. The third kappa shape index (κ3) is 4.77. The Hall–Kier alpha value is -1.98. The Labute approximate surface area is 152 Å². The van der Waals surface area contributed by atoms with E-state index < -0.39 is 0 Å². The van der Waals surface area contributed by atoms with Crippen LogP contribution in [-0.4, -0.2) is 36.2 Å². The molecule has 2 heterocycles. The van der Waals surface area contributed by atoms with Gasteiger partial charge in [0.15, 0.2) is 5.78 Å². The van der Waals surface area contributed by atoms with Crippen LogP contribution in [0, 0.1) is 5.92 Å². The second-order valence-electron chi connectivity index (χ2n) is 6.59. The third-order valence-corrected chi connectivity index (χ3v) is 5.79. The first-order valence-electron chi connectivity index (χ1n) is 8.78. The molecule has 5 heteroatoms. The van der Waals surface area contributed by atoms with E-state index in [1.165, 1.54) is 4.88 Å². The number of carbonyl (C=O) groups excluding carboxylic acids is 2. The van der Waals surface area contributed by atoms with Crippen molar-refractivity contribution in [1.29, 1.82) is 0 Å². The molecule has 0 spiro atoms. The summed E-state index contributed by atoms with van der Waals surface area (Å²) in [6.45, 7) is 4.00. The molecule has 1 aliphatic heterocycles. The second-order valence-corrected chi connectivity index (χ2v) is 7.56. The first kappa shape index (κ1) is 17.8. The van der Waals surface area contributed by atoms with E-state index in [2.05, 4.69) is 10.2 Å². The molecule has 1 N–H and O–H groups in total. The van der Waals surface area contributed by atoms with Crippen molar-refractivity contribution < 1.29 is 9.59 Å². The Morgan fingerprint density at radius 1 is 1.16 bits per heavy atom. The van der Waals surface area contributed by atoms with Crippen LogP contribution in [0.15, 0.2) is 47.8 Å². The molecule has 4 nitrogen and oxygen atoms in total. The molecule has 1 unspecified atom stereocenters. The largest absolute Gasteiger partial charge is 0.348 e. The lowest BCUT2D eigenvalue weighted by atomic mass is 9.89. The Morgan fingerprint density at radius 2 is 1.88 bits per heavy atom. The molecule has 1 saturated heterocycles. The van der Waals surface area contributed by atoms with Crippen molar-refractivity contribution in [3.8, 4) is 0 Å². The fourth-order valence-electron chi connectivity index (χ4n) is 3.29. The van der Waals surface area contributed by atoms with Crippen molar-refractivity contribution in [1.82, 2.24) is 10.2 Å². The summed E-state index contributed by atoms with van der Waals surface area (Å²) < 4.78 is 0. The van der Waals surface area contributed by atoms with Crippen LogP contribution in [0.2, 0.25) is 0 Å². The molecule has 0 saturated carbocycles. The normalized spacial score (nSPS) is 17.2. The van der Waals surface area contributed by atoms with E-state index in [9.17, 15) is 9.59 Å². The number of benzene rings is 1. The van der Waals surface area contributed by atoms with E-state index >= 15 is 0 Å². The van der Waals surface area contributed by atoms with Crippen LogP contribution in [0.4, 0.5) is 0 Å². The average Bonchev–Trinajstić information content (AvgIpc) is 3.17. The molecule has 1 aromatic carbocycles.